The maximum absolute atomic E-state index is 12.3. The van der Waals surface area contributed by atoms with Crippen molar-refractivity contribution >= 4 is 23.5 Å². The molecule has 29 heavy (non-hydrogen) atoms. The Morgan fingerprint density at radius 2 is 2.03 bits per heavy atom. The van der Waals surface area contributed by atoms with Crippen molar-refractivity contribution in [1.82, 2.24) is 14.9 Å². The molecule has 7 heteroatoms. The van der Waals surface area contributed by atoms with E-state index in [0.717, 1.165) is 29.1 Å². The number of hydrogen-bond acceptors (Lipinski definition) is 6. The third-order valence-corrected chi connectivity index (χ3v) is 5.02. The highest BCUT2D eigenvalue weighted by Gasteiger charge is 2.26. The minimum Gasteiger partial charge on any atom is -0.444 e. The summed E-state index contributed by atoms with van der Waals surface area (Å²) < 4.78 is 5.50. The van der Waals surface area contributed by atoms with Gasteiger partial charge in [-0.3, -0.25) is 0 Å². The molecule has 154 valence electrons. The van der Waals surface area contributed by atoms with Crippen molar-refractivity contribution in [3.05, 3.63) is 41.1 Å². The zero-order valence-electron chi connectivity index (χ0n) is 17.6. The first-order valence-corrected chi connectivity index (χ1v) is 10.2. The second kappa shape index (κ2) is 7.54. The highest BCUT2D eigenvalue weighted by molar-refractivity contribution is 5.69. The van der Waals surface area contributed by atoms with Gasteiger partial charge < -0.3 is 20.3 Å². The summed E-state index contributed by atoms with van der Waals surface area (Å²) in [6.07, 6.45) is 4.80. The lowest BCUT2D eigenvalue weighted by molar-refractivity contribution is 0.0224. The number of rotatable bonds is 4. The highest BCUT2D eigenvalue weighted by Crippen LogP contribution is 2.27. The first-order valence-electron chi connectivity index (χ1n) is 10.2. The van der Waals surface area contributed by atoms with E-state index in [1.54, 1.807) is 4.90 Å². The number of amides is 1. The third kappa shape index (κ3) is 4.96. The van der Waals surface area contributed by atoms with Crippen LogP contribution >= 0.6 is 0 Å². The molecule has 0 spiro atoms. The molecule has 2 heterocycles. The predicted molar refractivity (Wildman–Crippen MR) is 113 cm³/mol. The molecule has 1 fully saturated rings. The van der Waals surface area contributed by atoms with Gasteiger partial charge in [-0.25, -0.2) is 9.78 Å². The smallest absolute Gasteiger partial charge is 0.410 e. The number of ether oxygens (including phenoxy) is 1. The molecule has 1 aliphatic carbocycles. The Kier molecular flexibility index (Phi) is 5.06. The van der Waals surface area contributed by atoms with Crippen LogP contribution < -0.4 is 10.6 Å². The van der Waals surface area contributed by atoms with Crippen molar-refractivity contribution < 1.29 is 9.53 Å². The minimum absolute atomic E-state index is 0.255. The number of benzene rings is 1. The van der Waals surface area contributed by atoms with Crippen molar-refractivity contribution in [1.29, 1.82) is 0 Å². The van der Waals surface area contributed by atoms with Crippen LogP contribution in [0.2, 0.25) is 0 Å². The predicted octanol–water partition coefficient (Wildman–Crippen LogP) is 4.40. The topological polar surface area (TPSA) is 79.4 Å². The monoisotopic (exact) mass is 395 g/mol. The van der Waals surface area contributed by atoms with Crippen LogP contribution in [0.3, 0.4) is 0 Å². The van der Waals surface area contributed by atoms with Gasteiger partial charge in [0.25, 0.3) is 0 Å². The molecule has 1 saturated carbocycles. The molecule has 2 N–H and O–H groups in total. The van der Waals surface area contributed by atoms with Gasteiger partial charge in [-0.15, -0.1) is 0 Å². The van der Waals surface area contributed by atoms with E-state index in [1.807, 2.05) is 40.0 Å². The van der Waals surface area contributed by atoms with Gasteiger partial charge in [0.2, 0.25) is 5.95 Å². The SMILES string of the molecule is Cc1cnc(Nc2ccc3c(c2)CCN(C(=O)OC(C)(C)C)C3)nc1NC1CC1. The highest BCUT2D eigenvalue weighted by atomic mass is 16.6. The van der Waals surface area contributed by atoms with E-state index in [2.05, 4.69) is 32.7 Å². The molecule has 4 rings (SSSR count). The van der Waals surface area contributed by atoms with E-state index in [-0.39, 0.29) is 6.09 Å². The van der Waals surface area contributed by atoms with Crippen LogP contribution in [0.5, 0.6) is 0 Å². The fourth-order valence-electron chi connectivity index (χ4n) is 3.31. The summed E-state index contributed by atoms with van der Waals surface area (Å²) in [4.78, 5) is 23.1. The lowest BCUT2D eigenvalue weighted by Gasteiger charge is -2.31. The first kappa shape index (κ1) is 19.5. The van der Waals surface area contributed by atoms with E-state index < -0.39 is 5.60 Å². The first-order chi connectivity index (χ1) is 13.8. The molecule has 0 atom stereocenters. The zero-order chi connectivity index (χ0) is 20.6. The van der Waals surface area contributed by atoms with Gasteiger partial charge >= 0.3 is 6.09 Å². The molecule has 1 amide bonds. The number of nitrogens with one attached hydrogen (secondary N) is 2. The number of anilines is 3. The molecular formula is C22H29N5O2. The van der Waals surface area contributed by atoms with Crippen LogP contribution in [0.25, 0.3) is 0 Å². The summed E-state index contributed by atoms with van der Waals surface area (Å²) in [6, 6.07) is 6.74. The second-order valence-electron chi connectivity index (χ2n) is 8.90. The van der Waals surface area contributed by atoms with E-state index in [4.69, 9.17) is 4.74 Å². The normalized spacial score (nSPS) is 16.2. The van der Waals surface area contributed by atoms with Crippen molar-refractivity contribution in [2.24, 2.45) is 0 Å². The van der Waals surface area contributed by atoms with Crippen molar-refractivity contribution in [3.8, 4) is 0 Å². The maximum Gasteiger partial charge on any atom is 0.410 e. The Morgan fingerprint density at radius 1 is 1.24 bits per heavy atom. The minimum atomic E-state index is -0.480. The summed E-state index contributed by atoms with van der Waals surface area (Å²) in [5.41, 5.74) is 3.91. The van der Waals surface area contributed by atoms with Gasteiger partial charge in [0, 0.05) is 36.6 Å². The van der Waals surface area contributed by atoms with Crippen LogP contribution in [-0.4, -0.2) is 39.1 Å². The molecule has 0 bridgehead atoms. The summed E-state index contributed by atoms with van der Waals surface area (Å²) in [5, 5.41) is 6.76. The average Bonchev–Trinajstić information content (AvgIpc) is 3.47. The van der Waals surface area contributed by atoms with E-state index in [0.29, 0.717) is 25.1 Å². The fourth-order valence-corrected chi connectivity index (χ4v) is 3.31. The van der Waals surface area contributed by atoms with Gasteiger partial charge in [-0.1, -0.05) is 6.07 Å². The third-order valence-electron chi connectivity index (χ3n) is 5.02. The molecule has 7 nitrogen and oxygen atoms in total. The van der Waals surface area contributed by atoms with Gasteiger partial charge in [-0.2, -0.15) is 4.98 Å². The quantitative estimate of drug-likeness (QED) is 0.799. The second-order valence-corrected chi connectivity index (χ2v) is 8.90. The standard InChI is InChI=1S/C22H29N5O2/c1-14-12-23-20(26-19(14)24-17-7-8-17)25-18-6-5-16-13-27(10-9-15(16)11-18)21(28)29-22(2,3)4/h5-6,11-12,17H,7-10,13H2,1-4H3,(H2,23,24,25,26). The van der Waals surface area contributed by atoms with Gasteiger partial charge in [-0.05, 0) is 70.2 Å². The Balaban J connectivity index is 1.44. The molecule has 2 aromatic rings. The Labute approximate surface area is 171 Å². The number of carbonyl (C=O) groups excluding carboxylic acids is 1. The lowest BCUT2D eigenvalue weighted by Crippen LogP contribution is -2.39. The zero-order valence-corrected chi connectivity index (χ0v) is 17.6. The summed E-state index contributed by atoms with van der Waals surface area (Å²) in [5.74, 6) is 1.49. The fraction of sp³-hybridized carbons (Fsp3) is 0.500. The van der Waals surface area contributed by atoms with Crippen LogP contribution in [0.4, 0.5) is 22.2 Å². The Morgan fingerprint density at radius 3 is 2.76 bits per heavy atom. The molecule has 0 saturated heterocycles. The van der Waals surface area contributed by atoms with Gasteiger partial charge in [0.15, 0.2) is 0 Å². The van der Waals surface area contributed by atoms with Crippen molar-refractivity contribution in [2.45, 2.75) is 65.1 Å². The summed E-state index contributed by atoms with van der Waals surface area (Å²) >= 11 is 0. The van der Waals surface area contributed by atoms with E-state index in [1.165, 1.54) is 18.4 Å². The molecule has 0 radical (unpaired) electrons. The summed E-state index contributed by atoms with van der Waals surface area (Å²) in [6.45, 7) is 8.91. The molecule has 2 aliphatic rings. The Bertz CT molecular complexity index is 918. The number of aryl methyl sites for hydroxylation is 1. The van der Waals surface area contributed by atoms with Gasteiger partial charge in [0.1, 0.15) is 11.4 Å². The van der Waals surface area contributed by atoms with Crippen LogP contribution in [0, 0.1) is 6.92 Å². The number of aromatic nitrogens is 2. The van der Waals surface area contributed by atoms with Crippen LogP contribution in [-0.2, 0) is 17.7 Å². The van der Waals surface area contributed by atoms with Crippen LogP contribution in [0.1, 0.15) is 50.3 Å². The number of nitrogens with zero attached hydrogens (tertiary/aromatic N) is 3. The maximum atomic E-state index is 12.3. The lowest BCUT2D eigenvalue weighted by atomic mass is 9.99. The molecule has 1 aromatic heterocycles. The van der Waals surface area contributed by atoms with E-state index >= 15 is 0 Å². The number of hydrogen-bond donors (Lipinski definition) is 2. The van der Waals surface area contributed by atoms with Gasteiger partial charge in [0.05, 0.1) is 0 Å². The van der Waals surface area contributed by atoms with Crippen molar-refractivity contribution in [2.75, 3.05) is 17.2 Å². The number of fused-ring (bicyclic) bond motifs is 1. The number of carbonyl (C=O) groups is 1. The van der Waals surface area contributed by atoms with Crippen LogP contribution in [0.15, 0.2) is 24.4 Å². The molecule has 0 unspecified atom stereocenters. The van der Waals surface area contributed by atoms with E-state index in [9.17, 15) is 4.79 Å². The molecular weight excluding hydrogens is 366 g/mol. The summed E-state index contributed by atoms with van der Waals surface area (Å²) in [7, 11) is 0. The van der Waals surface area contributed by atoms with Crippen molar-refractivity contribution in [3.63, 3.8) is 0 Å². The average molecular weight is 396 g/mol. The molecule has 1 aromatic carbocycles. The largest absolute Gasteiger partial charge is 0.444 e. The molecule has 1 aliphatic heterocycles. The Hall–Kier alpha value is -2.83.